The van der Waals surface area contributed by atoms with E-state index in [9.17, 15) is 38.4 Å². The third-order valence-electron chi connectivity index (χ3n) is 7.62. The van der Waals surface area contributed by atoms with Crippen molar-refractivity contribution in [2.24, 2.45) is 15.7 Å². The van der Waals surface area contributed by atoms with E-state index in [4.69, 9.17) is 54.4 Å². The minimum atomic E-state index is -1.08. The van der Waals surface area contributed by atoms with E-state index in [1.54, 1.807) is 203 Å². The number of carbonyl (C=O) groups is 8. The van der Waals surface area contributed by atoms with Crippen molar-refractivity contribution < 1.29 is 81.0 Å². The average Bonchev–Trinajstić information content (AvgIpc) is 1.64. The average molecular weight is 1390 g/mol. The molecule has 4 heterocycles. The lowest BCUT2D eigenvalue weighted by Crippen LogP contribution is -2.49. The molecule has 0 spiro atoms. The molecule has 0 unspecified atom stereocenters. The number of nitrogen functional groups attached to an aromatic ring is 1. The van der Waals surface area contributed by atoms with Crippen molar-refractivity contribution in [1.29, 1.82) is 10.8 Å². The molecule has 0 aliphatic carbocycles. The summed E-state index contributed by atoms with van der Waals surface area (Å²) in [6.45, 7) is 40.4. The molecule has 4 aromatic rings. The molecule has 96 heavy (non-hydrogen) atoms. The fourth-order valence-electron chi connectivity index (χ4n) is 4.99. The zero-order valence-corrected chi connectivity index (χ0v) is 56.6. The minimum absolute atomic E-state index is 0. The number of rotatable bonds is 0. The summed E-state index contributed by atoms with van der Waals surface area (Å²) < 4.78 is 49.6. The van der Waals surface area contributed by atoms with Gasteiger partial charge in [-0.25, -0.2) is 57.1 Å². The lowest BCUT2D eigenvalue weighted by molar-refractivity contribution is -0.0296. The molecule has 6 N–H and O–H groups in total. The van der Waals surface area contributed by atoms with E-state index in [0.29, 0.717) is 4.90 Å². The first kappa shape index (κ1) is 103. The molecule has 0 aromatic carbocycles. The van der Waals surface area contributed by atoms with E-state index < -0.39 is 99.6 Å². The topological polar surface area (TPSA) is 417 Å². The maximum absolute atomic E-state index is 12.8. The van der Waals surface area contributed by atoms with Crippen LogP contribution in [0.1, 0.15) is 211 Å². The predicted octanol–water partition coefficient (Wildman–Crippen LogP) is 14.7. The first-order valence-corrected chi connectivity index (χ1v) is 27.1. The Morgan fingerprint density at radius 1 is 0.396 bits per heavy atom. The van der Waals surface area contributed by atoms with Gasteiger partial charge in [-0.1, -0.05) is 44.6 Å². The number of nitrogens with one attached hydrogen (secondary N) is 4. The monoisotopic (exact) mass is 1390 g/mol. The second kappa shape index (κ2) is 43.5. The number of nitrogens with two attached hydrogens (primary N) is 1. The number of halogens is 1. The van der Waals surface area contributed by atoms with Gasteiger partial charge in [0, 0.05) is 49.6 Å². The van der Waals surface area contributed by atoms with Gasteiger partial charge in [0.25, 0.3) is 5.96 Å². The van der Waals surface area contributed by atoms with Gasteiger partial charge >= 0.3 is 48.9 Å². The van der Waals surface area contributed by atoms with Crippen LogP contribution in [0.25, 0.3) is 0 Å². The van der Waals surface area contributed by atoms with Crippen molar-refractivity contribution in [3.8, 4) is 0 Å². The summed E-state index contributed by atoms with van der Waals surface area (Å²) in [5, 5.41) is 34.3. The number of alkyl carbamates (subject to hydrolysis) is 2. The summed E-state index contributed by atoms with van der Waals surface area (Å²) in [4.78, 5) is 103. The number of ether oxygens (including phenoxy) is 9. The van der Waals surface area contributed by atoms with Crippen molar-refractivity contribution in [3.05, 3.63) is 73.8 Å². The van der Waals surface area contributed by atoms with Crippen LogP contribution in [-0.4, -0.2) is 162 Å². The summed E-state index contributed by atoms with van der Waals surface area (Å²) >= 11 is 0. The van der Waals surface area contributed by atoms with Crippen LogP contribution in [0.4, 0.5) is 38.4 Å². The molecule has 6 amide bonds. The third kappa shape index (κ3) is 52.0. The van der Waals surface area contributed by atoms with Gasteiger partial charge in [0.2, 0.25) is 17.9 Å². The first-order chi connectivity index (χ1) is 40.1. The van der Waals surface area contributed by atoms with Gasteiger partial charge in [-0.3, -0.25) is 21.5 Å². The van der Waals surface area contributed by atoms with Gasteiger partial charge in [-0.05, 0) is 190 Å². The Kier molecular flexibility index (Phi) is 46.6. The molecule has 0 bridgehead atoms. The molecule has 0 atom stereocenters. The molecule has 0 saturated heterocycles. The predicted molar refractivity (Wildman–Crippen MR) is 372 cm³/mol. The Morgan fingerprint density at radius 3 is 0.958 bits per heavy atom. The molecule has 33 nitrogen and oxygen atoms in total. The maximum atomic E-state index is 12.8. The number of aliphatic imine (C=N–C) groups is 2. The molecule has 0 saturated carbocycles. The van der Waals surface area contributed by atoms with Crippen molar-refractivity contribution in [1.82, 2.24) is 54.7 Å². The van der Waals surface area contributed by atoms with Crippen LogP contribution in [0.2, 0.25) is 0 Å². The van der Waals surface area contributed by atoms with Crippen molar-refractivity contribution in [2.45, 2.75) is 256 Å². The van der Waals surface area contributed by atoms with Crippen LogP contribution < -0.4 is 16.4 Å². The van der Waals surface area contributed by atoms with Gasteiger partial charge in [-0.15, -0.1) is 27.3 Å². The second-order valence-electron chi connectivity index (χ2n) is 25.9. The van der Waals surface area contributed by atoms with Crippen LogP contribution in [-0.2, 0) is 42.6 Å². The molecule has 4 rings (SSSR count). The SMILES string of the molecule is C.C.C.C.C.C.CC(C)(C)OC(=O)N=C(N(C(=O)OC(C)(C)C)C(=O)OC(C)(C)C)n1cccn1.CC(C)(C)OC(=O)N=C(NC(=O)OC(C)(C)C)n1cccn1.CC(C)(C)OC(=O)NC(=N)n1cccn1.CC(C)(C)OC(=O)OC(=O)OC(C)(C)C.Cl.N=C(N)n1cccn1. The van der Waals surface area contributed by atoms with E-state index in [1.165, 1.54) is 51.1 Å². The van der Waals surface area contributed by atoms with Crippen LogP contribution in [0.15, 0.2) is 83.8 Å². The Bertz CT molecular complexity index is 2950. The van der Waals surface area contributed by atoms with Crippen molar-refractivity contribution in [3.63, 3.8) is 0 Å². The second-order valence-corrected chi connectivity index (χ2v) is 25.9. The molecule has 4 aromatic heterocycles. The highest BCUT2D eigenvalue weighted by molar-refractivity contribution is 6.10. The zero-order chi connectivity index (χ0) is 69.3. The smallest absolute Gasteiger partial charge is 0.444 e. The fourth-order valence-corrected chi connectivity index (χ4v) is 4.99. The summed E-state index contributed by atoms with van der Waals surface area (Å²) in [6.07, 6.45) is 4.54. The summed E-state index contributed by atoms with van der Waals surface area (Å²) in [7, 11) is 0. The molecular formula is C62H115ClN16O17. The quantitative estimate of drug-likeness (QED) is 0.0359. The number of aromatic nitrogens is 8. The van der Waals surface area contributed by atoms with Gasteiger partial charge < -0.3 is 48.4 Å². The number of hydrogen-bond donors (Lipinski definition) is 5. The highest BCUT2D eigenvalue weighted by Crippen LogP contribution is 2.18. The number of carbonyl (C=O) groups excluding carboxylic acids is 8. The van der Waals surface area contributed by atoms with E-state index in [-0.39, 0.29) is 74.8 Å². The third-order valence-corrected chi connectivity index (χ3v) is 7.62. The fraction of sp³-hybridized carbons (Fsp3) is 0.613. The highest BCUT2D eigenvalue weighted by atomic mass is 35.5. The minimum Gasteiger partial charge on any atom is -0.444 e. The van der Waals surface area contributed by atoms with Gasteiger partial charge in [0.1, 0.15) is 44.8 Å². The van der Waals surface area contributed by atoms with Crippen LogP contribution in [0.3, 0.4) is 0 Å². The zero-order valence-electron chi connectivity index (χ0n) is 55.8. The van der Waals surface area contributed by atoms with Gasteiger partial charge in [-0.2, -0.15) is 20.4 Å². The first-order valence-electron chi connectivity index (χ1n) is 27.1. The Morgan fingerprint density at radius 2 is 0.677 bits per heavy atom. The lowest BCUT2D eigenvalue weighted by Gasteiger charge is -2.28. The maximum Gasteiger partial charge on any atom is 0.519 e. The molecule has 34 heteroatoms. The van der Waals surface area contributed by atoms with Crippen molar-refractivity contribution in [2.75, 3.05) is 0 Å². The standard InChI is InChI=1S/C19H30N4O6.C14H22N4O4.C10H18O5.C9H14N4O2.C4H6N4.6CH4.ClH/c1-17(2,3)27-14(24)21-13(22-12-10-11-20-22)23(15(25)28-18(4,5)6)16(26)29-19(7,8)9;1-13(2,3)21-11(19)16-10(18-9-7-8-15-18)17-12(20)22-14(4,5)6;1-9(2,3)14-7(11)13-8(12)15-10(4,5)6;1-9(2,3)15-8(14)12-7(10)13-6-4-5-11-13;5-4(6)8-3-1-2-7-8;;;;;;;/h10-12H,1-9H3;7-9H,1-6H3,(H,16,17,19,20);1-6H3;4-6H,1-3H3,(H2,10,12,14);1-3H,(H3,5,6);6*1H4;1H. The lowest BCUT2D eigenvalue weighted by atomic mass is 10.2. The van der Waals surface area contributed by atoms with Crippen molar-refractivity contribution >= 4 is 85.1 Å². The summed E-state index contributed by atoms with van der Waals surface area (Å²) in [6, 6.07) is 6.53. The number of hydrogen-bond acceptors (Lipinski definition) is 23. The summed E-state index contributed by atoms with van der Waals surface area (Å²) in [5.74, 6) is -0.745. The molecule has 0 fully saturated rings. The normalized spacial score (nSPS) is 11.1. The molecule has 0 aliphatic rings. The van der Waals surface area contributed by atoms with E-state index in [1.807, 2.05) is 0 Å². The molecular weight excluding hydrogens is 1280 g/mol. The van der Waals surface area contributed by atoms with E-state index >= 15 is 0 Å². The molecule has 0 radical (unpaired) electrons. The highest BCUT2D eigenvalue weighted by Gasteiger charge is 2.37. The Balaban J connectivity index is -0.000000173. The Labute approximate surface area is 574 Å². The molecule has 552 valence electrons. The van der Waals surface area contributed by atoms with E-state index in [2.05, 4.69) is 45.7 Å². The van der Waals surface area contributed by atoms with E-state index in [0.717, 1.165) is 4.68 Å². The van der Waals surface area contributed by atoms with Crippen LogP contribution in [0.5, 0.6) is 0 Å². The number of imide groups is 1. The summed E-state index contributed by atoms with van der Waals surface area (Å²) in [5.41, 5.74) is -0.963. The van der Waals surface area contributed by atoms with Gasteiger partial charge in [0.15, 0.2) is 0 Å². The van der Waals surface area contributed by atoms with Gasteiger partial charge in [0.05, 0.1) is 0 Å². The Hall–Kier alpha value is -9.43. The molecule has 0 aliphatic heterocycles. The number of nitrogens with zero attached hydrogens (tertiary/aromatic N) is 11. The van der Waals surface area contributed by atoms with Crippen LogP contribution >= 0.6 is 12.4 Å². The van der Waals surface area contributed by atoms with Crippen LogP contribution in [0, 0.1) is 10.8 Å². The number of amides is 6. The largest absolute Gasteiger partial charge is 0.519 e.